The van der Waals surface area contributed by atoms with Crippen LogP contribution < -0.4 is 4.80 Å². The van der Waals surface area contributed by atoms with Crippen molar-refractivity contribution in [1.29, 1.82) is 0 Å². The molecule has 0 saturated heterocycles. The molecule has 7 nitrogen and oxygen atoms in total. The van der Waals surface area contributed by atoms with Crippen LogP contribution in [0.1, 0.15) is 19.8 Å². The van der Waals surface area contributed by atoms with Crippen molar-refractivity contribution in [1.82, 2.24) is 4.57 Å². The number of nitro groups is 1. The van der Waals surface area contributed by atoms with Gasteiger partial charge < -0.3 is 9.30 Å². The second-order valence-corrected chi connectivity index (χ2v) is 7.58. The SMILES string of the molecule is CCOC(=O)CCCn1c(-c2cccs2)csc1=Nc1ccccc1[N+](=O)[O-]. The van der Waals surface area contributed by atoms with Gasteiger partial charge in [0.25, 0.3) is 5.69 Å². The molecule has 0 aliphatic heterocycles. The van der Waals surface area contributed by atoms with Crippen molar-refractivity contribution in [3.8, 4) is 10.6 Å². The van der Waals surface area contributed by atoms with Gasteiger partial charge in [0.1, 0.15) is 5.69 Å². The summed E-state index contributed by atoms with van der Waals surface area (Å²) in [5, 5.41) is 15.3. The molecule has 28 heavy (non-hydrogen) atoms. The molecule has 0 unspecified atom stereocenters. The highest BCUT2D eigenvalue weighted by molar-refractivity contribution is 7.14. The summed E-state index contributed by atoms with van der Waals surface area (Å²) in [6, 6.07) is 10.4. The first-order chi connectivity index (χ1) is 13.6. The van der Waals surface area contributed by atoms with Crippen LogP contribution in [0.2, 0.25) is 0 Å². The molecule has 0 aliphatic rings. The number of benzene rings is 1. The van der Waals surface area contributed by atoms with Crippen molar-refractivity contribution in [3.63, 3.8) is 0 Å². The molecule has 0 spiro atoms. The van der Waals surface area contributed by atoms with Gasteiger partial charge in [-0.05, 0) is 30.9 Å². The number of hydrogen-bond acceptors (Lipinski definition) is 7. The van der Waals surface area contributed by atoms with E-state index in [-0.39, 0.29) is 11.7 Å². The maximum atomic E-state index is 11.7. The van der Waals surface area contributed by atoms with Crippen molar-refractivity contribution in [2.75, 3.05) is 6.61 Å². The summed E-state index contributed by atoms with van der Waals surface area (Å²) in [5.74, 6) is -0.229. The molecule has 0 saturated carbocycles. The number of nitro benzene ring substituents is 1. The maximum Gasteiger partial charge on any atom is 0.305 e. The second kappa shape index (κ2) is 9.43. The first kappa shape index (κ1) is 20.0. The zero-order valence-corrected chi connectivity index (χ0v) is 16.9. The Morgan fingerprint density at radius 2 is 2.07 bits per heavy atom. The Balaban J connectivity index is 1.97. The van der Waals surface area contributed by atoms with Gasteiger partial charge in [-0.25, -0.2) is 4.99 Å². The summed E-state index contributed by atoms with van der Waals surface area (Å²) in [6.07, 6.45) is 0.906. The number of para-hydroxylation sites is 2. The lowest BCUT2D eigenvalue weighted by Gasteiger charge is -2.08. The highest BCUT2D eigenvalue weighted by Gasteiger charge is 2.14. The molecule has 0 amide bonds. The van der Waals surface area contributed by atoms with E-state index in [9.17, 15) is 14.9 Å². The van der Waals surface area contributed by atoms with Gasteiger partial charge in [0, 0.05) is 24.4 Å². The molecule has 2 aromatic heterocycles. The monoisotopic (exact) mass is 417 g/mol. The van der Waals surface area contributed by atoms with Gasteiger partial charge in [0.15, 0.2) is 4.80 Å². The average Bonchev–Trinajstić information content (AvgIpc) is 3.33. The van der Waals surface area contributed by atoms with Crippen LogP contribution in [0.25, 0.3) is 10.6 Å². The second-order valence-electron chi connectivity index (χ2n) is 5.80. The Morgan fingerprint density at radius 1 is 1.25 bits per heavy atom. The number of carbonyl (C=O) groups is 1. The van der Waals surface area contributed by atoms with E-state index in [1.165, 1.54) is 17.4 Å². The first-order valence-corrected chi connectivity index (χ1v) is 10.5. The summed E-state index contributed by atoms with van der Waals surface area (Å²) in [6.45, 7) is 2.71. The zero-order valence-electron chi connectivity index (χ0n) is 15.2. The van der Waals surface area contributed by atoms with E-state index in [1.807, 2.05) is 27.5 Å². The first-order valence-electron chi connectivity index (χ1n) is 8.76. The topological polar surface area (TPSA) is 86.7 Å². The molecule has 0 radical (unpaired) electrons. The zero-order chi connectivity index (χ0) is 19.9. The molecule has 0 bridgehead atoms. The smallest absolute Gasteiger partial charge is 0.305 e. The summed E-state index contributed by atoms with van der Waals surface area (Å²) in [5.41, 5.74) is 1.26. The third-order valence-electron chi connectivity index (χ3n) is 3.93. The molecule has 3 aromatic rings. The van der Waals surface area contributed by atoms with E-state index >= 15 is 0 Å². The third-order valence-corrected chi connectivity index (χ3v) is 5.69. The molecule has 3 rings (SSSR count). The highest BCUT2D eigenvalue weighted by Crippen LogP contribution is 2.28. The molecule has 1 aromatic carbocycles. The molecule has 0 aliphatic carbocycles. The van der Waals surface area contributed by atoms with E-state index in [0.29, 0.717) is 36.5 Å². The number of thiazole rings is 1. The Morgan fingerprint density at radius 3 is 2.79 bits per heavy atom. The number of carbonyl (C=O) groups excluding carboxylic acids is 1. The van der Waals surface area contributed by atoms with Crippen LogP contribution in [0.15, 0.2) is 52.2 Å². The lowest BCUT2D eigenvalue weighted by Crippen LogP contribution is -2.17. The number of hydrogen-bond donors (Lipinski definition) is 0. The van der Waals surface area contributed by atoms with Crippen LogP contribution in [-0.4, -0.2) is 22.1 Å². The van der Waals surface area contributed by atoms with E-state index in [0.717, 1.165) is 10.6 Å². The lowest BCUT2D eigenvalue weighted by atomic mass is 10.3. The average molecular weight is 418 g/mol. The minimum absolute atomic E-state index is 0.0355. The fraction of sp³-hybridized carbons (Fsp3) is 0.263. The normalized spacial score (nSPS) is 11.5. The Hall–Kier alpha value is -2.78. The van der Waals surface area contributed by atoms with Gasteiger partial charge in [-0.3, -0.25) is 14.9 Å². The molecule has 0 fully saturated rings. The summed E-state index contributed by atoms with van der Waals surface area (Å²) in [7, 11) is 0. The molecule has 2 heterocycles. The Bertz CT molecular complexity index is 1020. The van der Waals surface area contributed by atoms with Gasteiger partial charge >= 0.3 is 5.97 Å². The van der Waals surface area contributed by atoms with Gasteiger partial charge in [-0.1, -0.05) is 18.2 Å². The summed E-state index contributed by atoms with van der Waals surface area (Å²) < 4.78 is 7.00. The predicted molar refractivity (Wildman–Crippen MR) is 110 cm³/mol. The molecular formula is C19H19N3O4S2. The molecule has 0 N–H and O–H groups in total. The number of rotatable bonds is 8. The van der Waals surface area contributed by atoms with Gasteiger partial charge in [0.05, 0.1) is 22.1 Å². The van der Waals surface area contributed by atoms with E-state index in [2.05, 4.69) is 4.99 Å². The van der Waals surface area contributed by atoms with Crippen molar-refractivity contribution in [3.05, 3.63) is 62.1 Å². The fourth-order valence-corrected chi connectivity index (χ4v) is 4.45. The summed E-state index contributed by atoms with van der Waals surface area (Å²) >= 11 is 3.03. The maximum absolute atomic E-state index is 11.7. The number of aromatic nitrogens is 1. The number of ether oxygens (including phenoxy) is 1. The molecule has 9 heteroatoms. The number of nitrogens with zero attached hydrogens (tertiary/aromatic N) is 3. The van der Waals surface area contributed by atoms with Crippen molar-refractivity contribution < 1.29 is 14.5 Å². The fourth-order valence-electron chi connectivity index (χ4n) is 2.69. The van der Waals surface area contributed by atoms with E-state index in [4.69, 9.17) is 4.74 Å². The molecule has 146 valence electrons. The van der Waals surface area contributed by atoms with Crippen LogP contribution in [0.4, 0.5) is 11.4 Å². The van der Waals surface area contributed by atoms with Crippen LogP contribution in [-0.2, 0) is 16.1 Å². The Kier molecular flexibility index (Phi) is 6.72. The number of thiophene rings is 1. The minimum Gasteiger partial charge on any atom is -0.466 e. The quantitative estimate of drug-likeness (QED) is 0.300. The Labute approximate surface area is 169 Å². The predicted octanol–water partition coefficient (Wildman–Crippen LogP) is 4.76. The number of esters is 1. The van der Waals surface area contributed by atoms with Crippen LogP contribution in [0.5, 0.6) is 0 Å². The van der Waals surface area contributed by atoms with Gasteiger partial charge in [0.2, 0.25) is 0 Å². The molecule has 0 atom stereocenters. The van der Waals surface area contributed by atoms with Crippen LogP contribution in [0, 0.1) is 10.1 Å². The van der Waals surface area contributed by atoms with Crippen LogP contribution in [0.3, 0.4) is 0 Å². The van der Waals surface area contributed by atoms with Crippen molar-refractivity contribution in [2.24, 2.45) is 4.99 Å². The van der Waals surface area contributed by atoms with E-state index in [1.54, 1.807) is 36.5 Å². The summed E-state index contributed by atoms with van der Waals surface area (Å²) in [4.78, 5) is 28.8. The van der Waals surface area contributed by atoms with Gasteiger partial charge in [-0.2, -0.15) is 0 Å². The highest BCUT2D eigenvalue weighted by atomic mass is 32.1. The van der Waals surface area contributed by atoms with Crippen molar-refractivity contribution >= 4 is 40.0 Å². The lowest BCUT2D eigenvalue weighted by molar-refractivity contribution is -0.384. The van der Waals surface area contributed by atoms with Crippen molar-refractivity contribution in [2.45, 2.75) is 26.3 Å². The standard InChI is InChI=1S/C19H19N3O4S2/c1-2-26-18(23)10-5-11-21-16(17-9-6-12-27-17)13-28-19(21)20-14-7-3-4-8-15(14)22(24)25/h3-4,6-9,12-13H,2,5,10-11H2,1H3. The van der Waals surface area contributed by atoms with Gasteiger partial charge in [-0.15, -0.1) is 22.7 Å². The minimum atomic E-state index is -0.433. The largest absolute Gasteiger partial charge is 0.466 e. The third kappa shape index (κ3) is 4.73. The van der Waals surface area contributed by atoms with Crippen LogP contribution >= 0.6 is 22.7 Å². The van der Waals surface area contributed by atoms with E-state index < -0.39 is 4.92 Å². The molecular weight excluding hydrogens is 398 g/mol.